The molecule has 5 N–H and O–H groups in total. The number of nitrogens with zero attached hydrogens (tertiary/aromatic N) is 3. The molecule has 41 heavy (non-hydrogen) atoms. The molecule has 0 amide bonds. The van der Waals surface area contributed by atoms with E-state index in [1.807, 2.05) is 36.4 Å². The number of hydrogen-bond acceptors (Lipinski definition) is 9. The van der Waals surface area contributed by atoms with Gasteiger partial charge in [-0.25, -0.2) is 0 Å². The topological polar surface area (TPSA) is 119 Å². The molecule has 0 unspecified atom stereocenters. The summed E-state index contributed by atoms with van der Waals surface area (Å²) >= 11 is 6.03. The van der Waals surface area contributed by atoms with Gasteiger partial charge in [0.2, 0.25) is 17.8 Å². The van der Waals surface area contributed by atoms with Gasteiger partial charge in [-0.2, -0.15) is 15.0 Å². The van der Waals surface area contributed by atoms with Crippen LogP contribution in [0.1, 0.15) is 29.0 Å². The molecule has 9 nitrogen and oxygen atoms in total. The smallest absolute Gasteiger partial charge is 0.229 e. The van der Waals surface area contributed by atoms with E-state index in [2.05, 4.69) is 79.4 Å². The molecule has 0 atom stereocenters. The minimum Gasteiger partial charge on any atom is -0.378 e. The minimum absolute atomic E-state index is 0.248. The van der Waals surface area contributed by atoms with Crippen molar-refractivity contribution in [1.29, 1.82) is 0 Å². The maximum Gasteiger partial charge on any atom is 0.229 e. The van der Waals surface area contributed by atoms with Crippen LogP contribution in [0.25, 0.3) is 0 Å². The number of aromatic nitrogens is 3. The summed E-state index contributed by atoms with van der Waals surface area (Å²) in [6.45, 7) is 4.32. The Bertz CT molecular complexity index is 1240. The fraction of sp³-hybridized carbons (Fsp3) is 0.323. The Morgan fingerprint density at radius 2 is 1.17 bits per heavy atom. The van der Waals surface area contributed by atoms with Gasteiger partial charge in [0, 0.05) is 37.1 Å². The fourth-order valence-electron chi connectivity index (χ4n) is 4.26. The van der Waals surface area contributed by atoms with Crippen molar-refractivity contribution in [2.24, 2.45) is 5.73 Å². The van der Waals surface area contributed by atoms with E-state index in [1.54, 1.807) is 0 Å². The van der Waals surface area contributed by atoms with Gasteiger partial charge in [-0.05, 0) is 35.2 Å². The summed E-state index contributed by atoms with van der Waals surface area (Å²) in [7, 11) is 0. The summed E-state index contributed by atoms with van der Waals surface area (Å²) < 4.78 is 10.9. The lowest BCUT2D eigenvalue weighted by atomic mass is 9.88. The van der Waals surface area contributed by atoms with Gasteiger partial charge in [0.1, 0.15) is 0 Å². The summed E-state index contributed by atoms with van der Waals surface area (Å²) in [5.41, 5.74) is 9.05. The Kier molecular flexibility index (Phi) is 12.6. The quantitative estimate of drug-likeness (QED) is 0.119. The highest BCUT2D eigenvalue weighted by molar-refractivity contribution is 6.30. The molecule has 0 saturated carbocycles. The molecule has 10 heteroatoms. The number of rotatable bonds is 18. The molecule has 1 aromatic heterocycles. The first-order valence-electron chi connectivity index (χ1n) is 13.9. The van der Waals surface area contributed by atoms with Gasteiger partial charge in [0.25, 0.3) is 0 Å². The highest BCUT2D eigenvalue weighted by Crippen LogP contribution is 2.27. The number of ether oxygens (including phenoxy) is 2. The molecule has 0 radical (unpaired) electrons. The Labute approximate surface area is 246 Å². The first-order valence-corrected chi connectivity index (χ1v) is 14.3. The van der Waals surface area contributed by atoms with Crippen LogP contribution in [0.2, 0.25) is 5.02 Å². The minimum atomic E-state index is 0.248. The van der Waals surface area contributed by atoms with Crippen molar-refractivity contribution in [2.45, 2.75) is 18.9 Å². The highest BCUT2D eigenvalue weighted by Gasteiger charge is 2.14. The zero-order chi connectivity index (χ0) is 28.5. The van der Waals surface area contributed by atoms with Crippen LogP contribution in [0.4, 0.5) is 17.8 Å². The van der Waals surface area contributed by atoms with Crippen LogP contribution >= 0.6 is 11.6 Å². The van der Waals surface area contributed by atoms with Crippen molar-refractivity contribution in [3.05, 3.63) is 107 Å². The summed E-state index contributed by atoms with van der Waals surface area (Å²) in [5, 5.41) is 10.6. The predicted molar refractivity (Wildman–Crippen MR) is 166 cm³/mol. The van der Waals surface area contributed by atoms with Gasteiger partial charge in [0.05, 0.1) is 26.4 Å². The summed E-state index contributed by atoms with van der Waals surface area (Å²) in [6, 6.07) is 28.8. The van der Waals surface area contributed by atoms with Crippen molar-refractivity contribution in [3.8, 4) is 0 Å². The third-order valence-corrected chi connectivity index (χ3v) is 6.53. The van der Waals surface area contributed by atoms with E-state index < -0.39 is 0 Å². The van der Waals surface area contributed by atoms with Crippen LogP contribution < -0.4 is 21.7 Å². The third-order valence-electron chi connectivity index (χ3n) is 6.28. The number of nitrogens with one attached hydrogen (secondary N) is 3. The molecule has 0 bridgehead atoms. The first-order chi connectivity index (χ1) is 20.2. The second-order valence-corrected chi connectivity index (χ2v) is 9.75. The van der Waals surface area contributed by atoms with Crippen LogP contribution in [-0.4, -0.2) is 61.0 Å². The van der Waals surface area contributed by atoms with Crippen LogP contribution in [0.5, 0.6) is 0 Å². The van der Waals surface area contributed by atoms with Gasteiger partial charge < -0.3 is 31.2 Å². The Hall–Kier alpha value is -3.76. The molecule has 0 aliphatic rings. The maximum atomic E-state index is 6.03. The average Bonchev–Trinajstić information content (AvgIpc) is 3.01. The van der Waals surface area contributed by atoms with E-state index in [0.717, 1.165) is 12.0 Å². The van der Waals surface area contributed by atoms with Gasteiger partial charge in [-0.15, -0.1) is 0 Å². The number of anilines is 3. The Morgan fingerprint density at radius 3 is 1.76 bits per heavy atom. The molecule has 1 heterocycles. The number of halogens is 1. The molecule has 216 valence electrons. The van der Waals surface area contributed by atoms with E-state index in [1.165, 1.54) is 11.1 Å². The molecule has 0 spiro atoms. The standard InChI is InChI=1S/C31H38ClN7O2/c32-27-13-11-24(12-14-27)23-36-31-38-29(37-30(39-31)35-18-20-41-22-21-40-19-16-33)34-17-15-28(25-7-3-1-4-8-25)26-9-5-2-6-10-26/h1-14,28H,15-23,33H2,(H3,34,35,36,37,38,39). The maximum absolute atomic E-state index is 6.03. The normalized spacial score (nSPS) is 11.0. The monoisotopic (exact) mass is 575 g/mol. The average molecular weight is 576 g/mol. The van der Waals surface area contributed by atoms with Crippen molar-refractivity contribution >= 4 is 29.4 Å². The van der Waals surface area contributed by atoms with E-state index in [-0.39, 0.29) is 5.92 Å². The van der Waals surface area contributed by atoms with Crippen LogP contribution in [0, 0.1) is 0 Å². The summed E-state index contributed by atoms with van der Waals surface area (Å²) in [6.07, 6.45) is 0.871. The zero-order valence-electron chi connectivity index (χ0n) is 23.1. The van der Waals surface area contributed by atoms with E-state index >= 15 is 0 Å². The van der Waals surface area contributed by atoms with E-state index in [4.69, 9.17) is 26.8 Å². The Balaban J connectivity index is 1.39. The zero-order valence-corrected chi connectivity index (χ0v) is 23.9. The van der Waals surface area contributed by atoms with Crippen molar-refractivity contribution in [3.63, 3.8) is 0 Å². The fourth-order valence-corrected chi connectivity index (χ4v) is 4.39. The van der Waals surface area contributed by atoms with Crippen LogP contribution in [0.15, 0.2) is 84.9 Å². The predicted octanol–water partition coefficient (Wildman–Crippen LogP) is 5.18. The molecule has 0 aliphatic carbocycles. The molecule has 0 aliphatic heterocycles. The van der Waals surface area contributed by atoms with Crippen molar-refractivity contribution in [1.82, 2.24) is 15.0 Å². The third kappa shape index (κ3) is 10.6. The lowest BCUT2D eigenvalue weighted by Crippen LogP contribution is -2.17. The lowest BCUT2D eigenvalue weighted by Gasteiger charge is -2.19. The summed E-state index contributed by atoms with van der Waals surface area (Å²) in [5.74, 6) is 1.68. The first kappa shape index (κ1) is 30.2. The van der Waals surface area contributed by atoms with E-state index in [9.17, 15) is 0 Å². The lowest BCUT2D eigenvalue weighted by molar-refractivity contribution is 0.0547. The molecule has 0 saturated heterocycles. The molecule has 0 fully saturated rings. The largest absolute Gasteiger partial charge is 0.378 e. The number of nitrogens with two attached hydrogens (primary N) is 1. The van der Waals surface area contributed by atoms with Gasteiger partial charge in [-0.1, -0.05) is 84.4 Å². The SMILES string of the molecule is NCCOCCOCCNc1nc(NCCC(c2ccccc2)c2ccccc2)nc(NCc2ccc(Cl)cc2)n1. The second-order valence-electron chi connectivity index (χ2n) is 9.32. The molecular weight excluding hydrogens is 538 g/mol. The number of benzene rings is 3. The van der Waals surface area contributed by atoms with E-state index in [0.29, 0.717) is 75.5 Å². The molecule has 4 aromatic rings. The second kappa shape index (κ2) is 17.1. The number of hydrogen-bond donors (Lipinski definition) is 4. The van der Waals surface area contributed by atoms with Crippen molar-refractivity contribution < 1.29 is 9.47 Å². The van der Waals surface area contributed by atoms with Gasteiger partial charge in [0.15, 0.2) is 0 Å². The van der Waals surface area contributed by atoms with Gasteiger partial charge >= 0.3 is 0 Å². The van der Waals surface area contributed by atoms with Gasteiger partial charge in [-0.3, -0.25) is 0 Å². The van der Waals surface area contributed by atoms with Crippen molar-refractivity contribution in [2.75, 3.05) is 62.0 Å². The van der Waals surface area contributed by atoms with Crippen LogP contribution in [-0.2, 0) is 16.0 Å². The Morgan fingerprint density at radius 1 is 0.634 bits per heavy atom. The van der Waals surface area contributed by atoms with Crippen LogP contribution in [0.3, 0.4) is 0 Å². The molecular formula is C31H38ClN7O2. The molecule has 3 aromatic carbocycles. The molecule has 4 rings (SSSR count). The highest BCUT2D eigenvalue weighted by atomic mass is 35.5. The summed E-state index contributed by atoms with van der Waals surface area (Å²) in [4.78, 5) is 13.8.